The molecule has 2 saturated heterocycles. The first-order chi connectivity index (χ1) is 64.5. The molecule has 4 aliphatic carbocycles. The number of hydrogen-bond donors (Lipinski definition) is 13. The quantitative estimate of drug-likeness (QED) is 0.0123. The van der Waals surface area contributed by atoms with Crippen LogP contribution in [0.2, 0.25) is 20.4 Å². The van der Waals surface area contributed by atoms with Crippen molar-refractivity contribution in [2.45, 2.75) is 218 Å². The van der Waals surface area contributed by atoms with Gasteiger partial charge in [-0.05, 0) is 139 Å². The highest BCUT2D eigenvalue weighted by Gasteiger charge is 2.76. The SMILES string of the molecule is CCC(=O)[C@@]12CC1[C@@H](n1cnc3c(NCc4cccc(C)c4)nc(Cl)nc31)C(O)[C@H]2O.CCC(=O)[C@H]1O[C@@H](n2cnc3c(NCc4cc(Cl)ccc4COc4cc(C)no4)ncnc32)C(O)[C@H]1N.CCCCC#Cc1nc(NCc2cccc(Cl)c2)c2ncn([C@H]3C(O)[C@@H](O)[C@]4(C(=O)CC)CC34)c2n1.CNC(=O)[C@H]1O[C@@H](n2cnc3c(NCc4cc(Cl)ccc4C)ncnc32)[C@H](O)[C@@H]1N. The van der Waals surface area contributed by atoms with Crippen LogP contribution in [0.3, 0.4) is 0 Å². The number of halogens is 4. The molecule has 11 heterocycles. The molecule has 18 atom stereocenters. The molecule has 134 heavy (non-hydrogen) atoms. The van der Waals surface area contributed by atoms with Gasteiger partial charge in [-0.2, -0.15) is 9.97 Å². The first-order valence-electron chi connectivity index (χ1n) is 44.1. The van der Waals surface area contributed by atoms with Crippen molar-refractivity contribution >= 4 is 138 Å². The van der Waals surface area contributed by atoms with Gasteiger partial charge >= 0.3 is 5.95 Å². The van der Waals surface area contributed by atoms with Crippen LogP contribution in [0.25, 0.3) is 44.7 Å². The van der Waals surface area contributed by atoms with Crippen LogP contribution in [0.4, 0.5) is 23.3 Å². The van der Waals surface area contributed by atoms with Gasteiger partial charge in [-0.15, -0.1) is 0 Å². The third-order valence-electron chi connectivity index (χ3n) is 25.7. The zero-order valence-corrected chi connectivity index (χ0v) is 77.3. The van der Waals surface area contributed by atoms with Gasteiger partial charge in [0, 0.05) is 80.0 Å². The number of nitrogens with two attached hydrogens (primary N) is 2. The Balaban J connectivity index is 0.000000130. The standard InChI is InChI=1S/C27H30ClN5O3.C24H26ClN7O5.C22H24ClN5O3.C19H22ClN7O3/c1-3-5-6-7-11-20-31-25(29-14-16-9-8-10-17(28)12-16)21-26(32-20)33(15-30-21)22-18-13-27(18,19(34)4-2)24(36)23(22)35;1-3-16(33)21-18(26)20(34)24(36-21)32-11-30-19-22(28-10-29-23(19)32)27-8-14-7-15(25)5-4-13(14)9-35-17-6-12(2)31-37-17;1-3-14(29)22-8-13(22)16(17(30)18(22)31)28-10-25-15-19(26-21(23)27-20(15)28)24-9-12-6-4-5-11(2)7-12;1-9-3-4-11(20)5-10(9)6-23-16-13-17(25-7-24-16)27(8-26-13)19-14(28)12(21)15(30-19)18(29)22-2/h8-10,12,15,18,22-24,35-36H,3-6,13-14H2,1-2H3,(H,29,31,32);4-7,10-11,18,20-21,24,34H,3,8-9,26H2,1-2H3,(H,27,28,29);4-7,10,13,16-18,30-31H,3,8-9H2,1-2H3,(H,24,26,27);3-5,7-8,12,14-15,19,28H,6,21H2,1-2H3,(H,22,29)(H,23,24,25)/t18?,22-,23?,24-,27-;18-,20?,21-,24-;13?,16-,17?,18-,22-;12-,14+,15-,19+/m1110/s1. The van der Waals surface area contributed by atoms with Crippen LogP contribution in [-0.2, 0) is 61.4 Å². The lowest BCUT2D eigenvalue weighted by atomic mass is 9.92. The number of ether oxygens (including phenoxy) is 3. The van der Waals surface area contributed by atoms with Crippen LogP contribution in [0.5, 0.6) is 5.95 Å². The number of Topliss-reactive ketones (excluding diaryl/α,β-unsaturated/α-hetero) is 3. The molecule has 2 aliphatic heterocycles. The number of anilines is 4. The van der Waals surface area contributed by atoms with Gasteiger partial charge in [-0.3, -0.25) is 28.3 Å². The van der Waals surface area contributed by atoms with E-state index in [-0.39, 0.29) is 47.5 Å². The summed E-state index contributed by atoms with van der Waals surface area (Å²) >= 11 is 24.7. The summed E-state index contributed by atoms with van der Waals surface area (Å²) in [5.41, 5.74) is 22.1. The summed E-state index contributed by atoms with van der Waals surface area (Å²) in [6.07, 6.45) is 3.52. The van der Waals surface area contributed by atoms with E-state index in [1.54, 1.807) is 63.8 Å². The second-order valence-corrected chi connectivity index (χ2v) is 35.7. The molecule has 4 aromatic carbocycles. The number of aromatic nitrogens is 17. The van der Waals surface area contributed by atoms with E-state index in [2.05, 4.69) is 116 Å². The Labute approximate surface area is 788 Å². The normalized spacial score (nSPS) is 25.0. The lowest BCUT2D eigenvalue weighted by molar-refractivity contribution is -0.134. The number of unbranched alkanes of at least 4 members (excludes halogenated alkanes) is 2. The fourth-order valence-corrected chi connectivity index (χ4v) is 19.2. The third kappa shape index (κ3) is 18.9. The van der Waals surface area contributed by atoms with Crippen LogP contribution in [0.15, 0.2) is 133 Å². The maximum Gasteiger partial charge on any atom is 0.311 e. The highest BCUT2D eigenvalue weighted by atomic mass is 35.5. The van der Waals surface area contributed by atoms with Gasteiger partial charge < -0.3 is 96.6 Å². The lowest BCUT2D eigenvalue weighted by Crippen LogP contribution is -2.46. The molecule has 15 N–H and O–H groups in total. The molecule has 6 fully saturated rings. The minimum Gasteiger partial charge on any atom is -0.459 e. The van der Waals surface area contributed by atoms with Crippen molar-refractivity contribution in [3.8, 4) is 17.8 Å². The number of rotatable bonds is 28. The number of likely N-dealkylation sites (N-methyl/N-ethyl adjacent to an activating group) is 1. The fourth-order valence-electron chi connectivity index (χ4n) is 18.4. The Morgan fingerprint density at radius 1 is 0.530 bits per heavy atom. The zero-order chi connectivity index (χ0) is 94.9. The molecule has 4 saturated carbocycles. The molecular weight excluding hydrogens is 1810 g/mol. The molecule has 13 aromatic rings. The Morgan fingerprint density at radius 3 is 1.58 bits per heavy atom. The topological polar surface area (TPSA) is 530 Å². The predicted octanol–water partition coefficient (Wildman–Crippen LogP) is 9.82. The molecule has 38 nitrogen and oxygen atoms in total. The van der Waals surface area contributed by atoms with Crippen molar-refractivity contribution in [2.24, 2.45) is 34.1 Å². The summed E-state index contributed by atoms with van der Waals surface area (Å²) in [7, 11) is 1.48. The number of nitrogens with one attached hydrogen (secondary N) is 5. The fraction of sp³-hybridized carbons (Fsp3) is 0.424. The molecule has 1 amide bonds. The van der Waals surface area contributed by atoms with E-state index < -0.39 is 102 Å². The average Bonchev–Trinajstić information content (AvgIpc) is 1.51. The first kappa shape index (κ1) is 95.3. The van der Waals surface area contributed by atoms with E-state index in [0.29, 0.717) is 147 Å². The van der Waals surface area contributed by atoms with E-state index in [0.717, 1.165) is 63.9 Å². The van der Waals surface area contributed by atoms with Gasteiger partial charge in [0.1, 0.15) is 61.3 Å². The van der Waals surface area contributed by atoms with Gasteiger partial charge in [-0.25, -0.2) is 49.8 Å². The Bertz CT molecular complexity index is 6610. The Kier molecular flexibility index (Phi) is 28.7. The maximum absolute atomic E-state index is 12.7. The minimum absolute atomic E-state index is 0.00745. The minimum atomic E-state index is -1.11. The van der Waals surface area contributed by atoms with Crippen LogP contribution in [0.1, 0.15) is 154 Å². The van der Waals surface area contributed by atoms with Crippen molar-refractivity contribution in [1.29, 1.82) is 0 Å². The number of ketones is 3. The second kappa shape index (κ2) is 40.3. The number of carbonyl (C=O) groups excluding carboxylic acids is 4. The van der Waals surface area contributed by atoms with Gasteiger partial charge in [0.2, 0.25) is 11.1 Å². The molecule has 19 rings (SSSR count). The Hall–Kier alpha value is -11.9. The maximum atomic E-state index is 12.7. The summed E-state index contributed by atoms with van der Waals surface area (Å²) < 4.78 is 29.0. The van der Waals surface area contributed by atoms with Crippen molar-refractivity contribution < 1.29 is 68.6 Å². The van der Waals surface area contributed by atoms with Gasteiger partial charge in [0.25, 0.3) is 5.91 Å². The number of imidazole rings is 4. The summed E-state index contributed by atoms with van der Waals surface area (Å²) in [4.78, 5) is 102. The first-order valence-corrected chi connectivity index (χ1v) is 45.6. The number of amides is 1. The highest BCUT2D eigenvalue weighted by Crippen LogP contribution is 2.70. The van der Waals surface area contributed by atoms with Gasteiger partial charge in [-0.1, -0.05) is 134 Å². The molecule has 0 spiro atoms. The van der Waals surface area contributed by atoms with Crippen molar-refractivity contribution in [3.05, 3.63) is 200 Å². The van der Waals surface area contributed by atoms with Gasteiger partial charge in [0.05, 0.1) is 78.2 Å². The largest absolute Gasteiger partial charge is 0.459 e. The molecule has 6 aliphatic rings. The number of benzene rings is 4. The lowest BCUT2D eigenvalue weighted by Gasteiger charge is -2.23. The predicted molar refractivity (Wildman–Crippen MR) is 497 cm³/mol. The van der Waals surface area contributed by atoms with Crippen molar-refractivity contribution in [2.75, 3.05) is 28.3 Å². The number of aryl methyl sites for hydroxylation is 3. The van der Waals surface area contributed by atoms with E-state index in [1.165, 1.54) is 32.4 Å². The van der Waals surface area contributed by atoms with E-state index in [1.807, 2.05) is 93.6 Å². The number of aliphatic hydroxyl groups is 6. The van der Waals surface area contributed by atoms with Gasteiger partial charge in [0.15, 0.2) is 92.3 Å². The summed E-state index contributed by atoms with van der Waals surface area (Å²) in [5, 5.41) is 85.8. The zero-order valence-electron chi connectivity index (χ0n) is 74.3. The molecule has 0 radical (unpaired) electrons. The molecular formula is C92H102Cl4N24O14. The number of aliphatic hydroxyl groups excluding tert-OH is 6. The van der Waals surface area contributed by atoms with E-state index in [4.69, 9.17) is 76.6 Å². The monoisotopic (exact) mass is 1910 g/mol. The average molecular weight is 1910 g/mol. The van der Waals surface area contributed by atoms with Crippen LogP contribution >= 0.6 is 46.4 Å². The second-order valence-electron chi connectivity index (χ2n) is 34.0. The van der Waals surface area contributed by atoms with Crippen LogP contribution in [0, 0.1) is 55.3 Å². The smallest absolute Gasteiger partial charge is 0.311 e. The van der Waals surface area contributed by atoms with Crippen LogP contribution < -0.4 is 42.8 Å². The van der Waals surface area contributed by atoms with E-state index in [9.17, 15) is 49.8 Å². The number of nitrogens with zero attached hydrogens (tertiary/aromatic N) is 17. The molecule has 9 aromatic heterocycles. The molecule has 702 valence electrons. The summed E-state index contributed by atoms with van der Waals surface area (Å²) in [6, 6.07) is 25.9. The number of carbonyl (C=O) groups is 4. The summed E-state index contributed by atoms with van der Waals surface area (Å²) in [6.45, 7) is 15.4. The molecule has 0 bridgehead atoms. The number of hydrogen-bond acceptors (Lipinski definition) is 33. The van der Waals surface area contributed by atoms with E-state index >= 15 is 0 Å². The van der Waals surface area contributed by atoms with Crippen molar-refractivity contribution in [1.82, 2.24) is 88.5 Å². The summed E-state index contributed by atoms with van der Waals surface area (Å²) in [5.74, 6) is 7.99. The van der Waals surface area contributed by atoms with Crippen LogP contribution in [-0.4, -0.2) is 205 Å². The Morgan fingerprint density at radius 2 is 1.04 bits per heavy atom. The highest BCUT2D eigenvalue weighted by molar-refractivity contribution is 6.31. The van der Waals surface area contributed by atoms with Crippen molar-refractivity contribution in [3.63, 3.8) is 0 Å². The third-order valence-corrected chi connectivity index (χ3v) is 26.5. The molecule has 5 unspecified atom stereocenters. The molecule has 42 heteroatoms. The number of fused-ring (bicyclic) bond motifs is 6.